The number of aryl methyl sites for hydroxylation is 1. The van der Waals surface area contributed by atoms with Crippen molar-refractivity contribution in [1.82, 2.24) is 14.9 Å². The van der Waals surface area contributed by atoms with Crippen LogP contribution >= 0.6 is 0 Å². The summed E-state index contributed by atoms with van der Waals surface area (Å²) in [4.78, 5) is 23.2. The van der Waals surface area contributed by atoms with E-state index in [0.717, 1.165) is 30.9 Å². The molecule has 0 radical (unpaired) electrons. The van der Waals surface area contributed by atoms with E-state index in [2.05, 4.69) is 34.3 Å². The Morgan fingerprint density at radius 3 is 2.88 bits per heavy atom. The second-order valence-electron chi connectivity index (χ2n) is 6.22. The fraction of sp³-hybridized carbons (Fsp3) is 0.421. The summed E-state index contributed by atoms with van der Waals surface area (Å²) in [5, 5.41) is 2.90. The van der Waals surface area contributed by atoms with Crippen molar-refractivity contribution in [3.8, 4) is 5.75 Å². The number of amides is 1. The zero-order valence-corrected chi connectivity index (χ0v) is 15.0. The molecule has 0 saturated carbocycles. The molecule has 6 heteroatoms. The van der Waals surface area contributed by atoms with Crippen LogP contribution in [0.1, 0.15) is 40.7 Å². The second-order valence-corrected chi connectivity index (χ2v) is 6.22. The molecule has 6 nitrogen and oxygen atoms in total. The molecule has 1 amide bonds. The summed E-state index contributed by atoms with van der Waals surface area (Å²) in [6, 6.07) is 7.88. The Morgan fingerprint density at radius 2 is 2.12 bits per heavy atom. The molecular formula is C19H24N4O2. The highest BCUT2D eigenvalue weighted by atomic mass is 16.5. The molecule has 1 aromatic heterocycles. The summed E-state index contributed by atoms with van der Waals surface area (Å²) < 4.78 is 5.70. The van der Waals surface area contributed by atoms with Crippen molar-refractivity contribution in [2.75, 3.05) is 25.5 Å². The molecule has 0 fully saturated rings. The Balaban J connectivity index is 1.76. The van der Waals surface area contributed by atoms with Crippen molar-refractivity contribution in [2.45, 2.75) is 33.2 Å². The van der Waals surface area contributed by atoms with Crippen molar-refractivity contribution in [1.29, 1.82) is 0 Å². The summed E-state index contributed by atoms with van der Waals surface area (Å²) in [6.45, 7) is 5.96. The normalized spacial score (nSPS) is 13.3. The first-order valence-electron chi connectivity index (χ1n) is 8.68. The minimum absolute atomic E-state index is 0.0565. The molecule has 1 aromatic carbocycles. The van der Waals surface area contributed by atoms with Crippen LogP contribution in [0.4, 0.5) is 5.95 Å². The summed E-state index contributed by atoms with van der Waals surface area (Å²) in [5.41, 5.74) is 3.64. The van der Waals surface area contributed by atoms with Gasteiger partial charge in [-0.05, 0) is 49.1 Å². The van der Waals surface area contributed by atoms with Gasteiger partial charge in [0.05, 0.1) is 6.61 Å². The van der Waals surface area contributed by atoms with E-state index in [4.69, 9.17) is 4.74 Å². The number of carbonyl (C=O) groups excluding carboxylic acids is 1. The van der Waals surface area contributed by atoms with Gasteiger partial charge in [-0.15, -0.1) is 0 Å². The summed E-state index contributed by atoms with van der Waals surface area (Å²) in [6.07, 6.45) is 1.82. The fourth-order valence-corrected chi connectivity index (χ4v) is 2.96. The number of nitrogens with one attached hydrogen (secondary N) is 1. The predicted molar refractivity (Wildman–Crippen MR) is 97.0 cm³/mol. The lowest BCUT2D eigenvalue weighted by atomic mass is 9.99. The number of rotatable bonds is 5. The first-order valence-corrected chi connectivity index (χ1v) is 8.68. The van der Waals surface area contributed by atoms with Gasteiger partial charge in [-0.3, -0.25) is 4.79 Å². The monoisotopic (exact) mass is 340 g/mol. The molecule has 25 heavy (non-hydrogen) atoms. The number of carbonyl (C=O) groups is 1. The van der Waals surface area contributed by atoms with Crippen LogP contribution in [0.5, 0.6) is 5.75 Å². The zero-order valence-electron chi connectivity index (χ0n) is 15.0. The SMILES string of the molecule is CCCOc1ccc2c(c1)CCN(C(=O)c1cc(C)nc(NC)n1)C2. The molecule has 2 heterocycles. The van der Waals surface area contributed by atoms with Crippen LogP contribution in [-0.2, 0) is 13.0 Å². The van der Waals surface area contributed by atoms with Gasteiger partial charge in [0, 0.05) is 25.8 Å². The number of benzene rings is 1. The molecule has 0 atom stereocenters. The van der Waals surface area contributed by atoms with Crippen molar-refractivity contribution in [3.63, 3.8) is 0 Å². The molecular weight excluding hydrogens is 316 g/mol. The Labute approximate surface area is 148 Å². The maximum absolute atomic E-state index is 12.8. The maximum atomic E-state index is 12.8. The maximum Gasteiger partial charge on any atom is 0.272 e. The predicted octanol–water partition coefficient (Wildman–Crippen LogP) is 2.81. The number of fused-ring (bicyclic) bond motifs is 1. The molecule has 1 aliphatic rings. The van der Waals surface area contributed by atoms with Crippen molar-refractivity contribution >= 4 is 11.9 Å². The van der Waals surface area contributed by atoms with E-state index in [-0.39, 0.29) is 5.91 Å². The molecule has 0 unspecified atom stereocenters. The standard InChI is InChI=1S/C19H24N4O2/c1-4-9-25-16-6-5-15-12-23(8-7-14(15)11-16)18(24)17-10-13(2)21-19(20-3)22-17/h5-6,10-11H,4,7-9,12H2,1-3H3,(H,20,21,22). The van der Waals surface area contributed by atoms with Gasteiger partial charge in [-0.25, -0.2) is 9.97 Å². The van der Waals surface area contributed by atoms with Gasteiger partial charge >= 0.3 is 0 Å². The third-order valence-electron chi connectivity index (χ3n) is 4.25. The van der Waals surface area contributed by atoms with Crippen LogP contribution in [0.2, 0.25) is 0 Å². The number of hydrogen-bond acceptors (Lipinski definition) is 5. The lowest BCUT2D eigenvalue weighted by Crippen LogP contribution is -2.36. The molecule has 0 spiro atoms. The summed E-state index contributed by atoms with van der Waals surface area (Å²) >= 11 is 0. The van der Waals surface area contributed by atoms with E-state index >= 15 is 0 Å². The molecule has 0 aliphatic carbocycles. The zero-order chi connectivity index (χ0) is 17.8. The highest BCUT2D eigenvalue weighted by Gasteiger charge is 2.23. The largest absolute Gasteiger partial charge is 0.494 e. The molecule has 2 aromatic rings. The van der Waals surface area contributed by atoms with Gasteiger partial charge in [-0.2, -0.15) is 0 Å². The molecule has 132 valence electrons. The van der Waals surface area contributed by atoms with E-state index in [1.165, 1.54) is 11.1 Å². The molecule has 0 saturated heterocycles. The second kappa shape index (κ2) is 7.51. The van der Waals surface area contributed by atoms with Crippen molar-refractivity contribution < 1.29 is 9.53 Å². The molecule has 1 N–H and O–H groups in total. The Morgan fingerprint density at radius 1 is 1.28 bits per heavy atom. The highest BCUT2D eigenvalue weighted by Crippen LogP contribution is 2.25. The Kier molecular flexibility index (Phi) is 5.16. The van der Waals surface area contributed by atoms with Crippen LogP contribution < -0.4 is 10.1 Å². The van der Waals surface area contributed by atoms with Crippen LogP contribution in [0, 0.1) is 6.92 Å². The summed E-state index contributed by atoms with van der Waals surface area (Å²) in [5.74, 6) is 1.32. The average molecular weight is 340 g/mol. The number of hydrogen-bond donors (Lipinski definition) is 1. The first-order chi connectivity index (χ1) is 12.1. The van der Waals surface area contributed by atoms with E-state index in [1.807, 2.05) is 17.9 Å². The van der Waals surface area contributed by atoms with Crippen LogP contribution in [0.15, 0.2) is 24.3 Å². The van der Waals surface area contributed by atoms with Gasteiger partial charge in [0.25, 0.3) is 5.91 Å². The summed E-state index contributed by atoms with van der Waals surface area (Å²) in [7, 11) is 1.75. The van der Waals surface area contributed by atoms with Gasteiger partial charge < -0.3 is 15.0 Å². The third kappa shape index (κ3) is 3.90. The number of anilines is 1. The lowest BCUT2D eigenvalue weighted by molar-refractivity contribution is 0.0728. The topological polar surface area (TPSA) is 67.3 Å². The number of aromatic nitrogens is 2. The number of nitrogens with zero attached hydrogens (tertiary/aromatic N) is 3. The van der Waals surface area contributed by atoms with E-state index in [9.17, 15) is 4.79 Å². The van der Waals surface area contributed by atoms with Crippen LogP contribution in [0.3, 0.4) is 0 Å². The quantitative estimate of drug-likeness (QED) is 0.906. The van der Waals surface area contributed by atoms with Gasteiger partial charge in [-0.1, -0.05) is 13.0 Å². The minimum Gasteiger partial charge on any atom is -0.494 e. The molecule has 0 bridgehead atoms. The first kappa shape index (κ1) is 17.2. The smallest absolute Gasteiger partial charge is 0.272 e. The van der Waals surface area contributed by atoms with Gasteiger partial charge in [0.1, 0.15) is 11.4 Å². The average Bonchev–Trinajstić information content (AvgIpc) is 2.64. The lowest BCUT2D eigenvalue weighted by Gasteiger charge is -2.29. The van der Waals surface area contributed by atoms with Crippen molar-refractivity contribution in [2.24, 2.45) is 0 Å². The highest BCUT2D eigenvalue weighted by molar-refractivity contribution is 5.92. The Bertz CT molecular complexity index is 776. The van der Waals surface area contributed by atoms with Crippen LogP contribution in [-0.4, -0.2) is 41.0 Å². The van der Waals surface area contributed by atoms with Crippen LogP contribution in [0.25, 0.3) is 0 Å². The van der Waals surface area contributed by atoms with Gasteiger partial charge in [0.15, 0.2) is 0 Å². The van der Waals surface area contributed by atoms with Crippen molar-refractivity contribution in [3.05, 3.63) is 46.8 Å². The molecule has 1 aliphatic heterocycles. The molecule has 3 rings (SSSR count). The minimum atomic E-state index is -0.0565. The van der Waals surface area contributed by atoms with E-state index in [1.54, 1.807) is 13.1 Å². The van der Waals surface area contributed by atoms with E-state index < -0.39 is 0 Å². The Hall–Kier alpha value is -2.63. The fourth-order valence-electron chi connectivity index (χ4n) is 2.96. The number of ether oxygens (including phenoxy) is 1. The van der Waals surface area contributed by atoms with E-state index in [0.29, 0.717) is 24.7 Å². The third-order valence-corrected chi connectivity index (χ3v) is 4.25. The van der Waals surface area contributed by atoms with Gasteiger partial charge in [0.2, 0.25) is 5.95 Å².